The summed E-state index contributed by atoms with van der Waals surface area (Å²) in [5.74, 6) is -0.520. The molecule has 0 radical (unpaired) electrons. The lowest BCUT2D eigenvalue weighted by molar-refractivity contribution is -0.139. The molecule has 0 saturated heterocycles. The van der Waals surface area contributed by atoms with E-state index in [4.69, 9.17) is 14.5 Å². The standard InChI is InChI=1S/C8H15O6P/c1-2-8(9)14-6-5-13-4-3-7-15(10,11)12/h2H,1,3-7H2,(H2,10,11,12). The molecule has 0 unspecified atom stereocenters. The summed E-state index contributed by atoms with van der Waals surface area (Å²) in [5, 5.41) is 0. The third-order valence-electron chi connectivity index (χ3n) is 1.38. The van der Waals surface area contributed by atoms with Gasteiger partial charge in [-0.25, -0.2) is 4.79 Å². The van der Waals surface area contributed by atoms with Crippen molar-refractivity contribution in [2.45, 2.75) is 6.42 Å². The maximum atomic E-state index is 10.5. The second-order valence-electron chi connectivity index (χ2n) is 2.73. The molecule has 0 atom stereocenters. The first-order valence-electron chi connectivity index (χ1n) is 4.37. The Labute approximate surface area is 88.0 Å². The first-order valence-corrected chi connectivity index (χ1v) is 6.17. The smallest absolute Gasteiger partial charge is 0.330 e. The highest BCUT2D eigenvalue weighted by atomic mass is 31.2. The highest BCUT2D eigenvalue weighted by molar-refractivity contribution is 7.51. The lowest BCUT2D eigenvalue weighted by Gasteiger charge is -2.05. The SMILES string of the molecule is C=CC(=O)OCCOCCCP(=O)(O)O. The van der Waals surface area contributed by atoms with Crippen LogP contribution in [-0.4, -0.2) is 41.7 Å². The minimum absolute atomic E-state index is 0.112. The molecule has 2 N–H and O–H groups in total. The topological polar surface area (TPSA) is 93.1 Å². The second-order valence-corrected chi connectivity index (χ2v) is 4.50. The number of esters is 1. The lowest BCUT2D eigenvalue weighted by atomic mass is 10.5. The Morgan fingerprint density at radius 3 is 2.53 bits per heavy atom. The van der Waals surface area contributed by atoms with Gasteiger partial charge in [-0.15, -0.1) is 0 Å². The Bertz CT molecular complexity index is 246. The molecule has 0 fully saturated rings. The van der Waals surface area contributed by atoms with Crippen LogP contribution in [0.1, 0.15) is 6.42 Å². The molecule has 7 heteroatoms. The molecule has 0 aromatic carbocycles. The van der Waals surface area contributed by atoms with Gasteiger partial charge in [-0.1, -0.05) is 6.58 Å². The quantitative estimate of drug-likeness (QED) is 0.273. The molecule has 0 amide bonds. The Hall–Kier alpha value is -0.680. The number of hydrogen-bond acceptors (Lipinski definition) is 4. The fraction of sp³-hybridized carbons (Fsp3) is 0.625. The van der Waals surface area contributed by atoms with Crippen molar-refractivity contribution in [3.05, 3.63) is 12.7 Å². The number of rotatable bonds is 8. The summed E-state index contributed by atoms with van der Waals surface area (Å²) >= 11 is 0. The molecular formula is C8H15O6P. The van der Waals surface area contributed by atoms with Crippen LogP contribution in [0, 0.1) is 0 Å². The van der Waals surface area contributed by atoms with Crippen molar-refractivity contribution in [3.63, 3.8) is 0 Å². The Morgan fingerprint density at radius 2 is 2.00 bits per heavy atom. The van der Waals surface area contributed by atoms with Crippen molar-refractivity contribution >= 4 is 13.6 Å². The molecule has 88 valence electrons. The van der Waals surface area contributed by atoms with Gasteiger partial charge in [0.05, 0.1) is 12.8 Å². The molecule has 0 aliphatic heterocycles. The average molecular weight is 238 g/mol. The molecule has 0 spiro atoms. The van der Waals surface area contributed by atoms with Crippen molar-refractivity contribution in [3.8, 4) is 0 Å². The van der Waals surface area contributed by atoms with Crippen LogP contribution in [-0.2, 0) is 18.8 Å². The molecule has 0 saturated carbocycles. The average Bonchev–Trinajstić information content (AvgIpc) is 2.14. The van der Waals surface area contributed by atoms with Crippen LogP contribution in [0.15, 0.2) is 12.7 Å². The summed E-state index contributed by atoms with van der Waals surface area (Å²) in [6.45, 7) is 3.77. The molecule has 0 aliphatic carbocycles. The largest absolute Gasteiger partial charge is 0.460 e. The van der Waals surface area contributed by atoms with Gasteiger partial charge in [-0.3, -0.25) is 4.57 Å². The number of ether oxygens (including phenoxy) is 2. The van der Waals surface area contributed by atoms with Crippen molar-refractivity contribution < 1.29 is 28.6 Å². The molecule has 6 nitrogen and oxygen atoms in total. The van der Waals surface area contributed by atoms with Gasteiger partial charge < -0.3 is 19.3 Å². The minimum Gasteiger partial charge on any atom is -0.460 e. The maximum absolute atomic E-state index is 10.5. The zero-order valence-electron chi connectivity index (χ0n) is 8.29. The summed E-state index contributed by atoms with van der Waals surface area (Å²) in [6.07, 6.45) is 1.13. The molecule has 0 aliphatic rings. The first-order chi connectivity index (χ1) is 6.95. The second kappa shape index (κ2) is 7.59. The van der Waals surface area contributed by atoms with Crippen molar-refractivity contribution in [2.75, 3.05) is 26.0 Å². The van der Waals surface area contributed by atoms with Gasteiger partial charge in [0.15, 0.2) is 0 Å². The van der Waals surface area contributed by atoms with Gasteiger partial charge in [0.2, 0.25) is 0 Å². The van der Waals surface area contributed by atoms with E-state index in [2.05, 4.69) is 11.3 Å². The molecule has 15 heavy (non-hydrogen) atoms. The summed E-state index contributed by atoms with van der Waals surface area (Å²) in [7, 11) is -3.92. The van der Waals surface area contributed by atoms with Crippen molar-refractivity contribution in [2.24, 2.45) is 0 Å². The van der Waals surface area contributed by atoms with Crippen LogP contribution in [0.2, 0.25) is 0 Å². The van der Waals surface area contributed by atoms with E-state index in [1.165, 1.54) is 0 Å². The normalized spacial score (nSPS) is 11.1. The first kappa shape index (κ1) is 14.3. The lowest BCUT2D eigenvalue weighted by Crippen LogP contribution is -2.09. The molecular weight excluding hydrogens is 223 g/mol. The maximum Gasteiger partial charge on any atom is 0.330 e. The van der Waals surface area contributed by atoms with E-state index in [0.717, 1.165) is 6.08 Å². The van der Waals surface area contributed by atoms with Crippen molar-refractivity contribution in [1.82, 2.24) is 0 Å². The molecule has 0 heterocycles. The monoisotopic (exact) mass is 238 g/mol. The fourth-order valence-corrected chi connectivity index (χ4v) is 1.28. The van der Waals surface area contributed by atoms with Crippen molar-refractivity contribution in [1.29, 1.82) is 0 Å². The van der Waals surface area contributed by atoms with E-state index in [1.54, 1.807) is 0 Å². The number of hydrogen-bond donors (Lipinski definition) is 2. The van der Waals surface area contributed by atoms with E-state index in [0.29, 0.717) is 0 Å². The number of carbonyl (C=O) groups excluding carboxylic acids is 1. The van der Waals surface area contributed by atoms with Gasteiger partial charge in [0.25, 0.3) is 0 Å². The minimum atomic E-state index is -3.92. The Balaban J connectivity index is 3.22. The van der Waals surface area contributed by atoms with E-state index < -0.39 is 13.6 Å². The van der Waals surface area contributed by atoms with Gasteiger partial charge in [0, 0.05) is 12.7 Å². The molecule has 0 aromatic heterocycles. The summed E-state index contributed by atoms with van der Waals surface area (Å²) in [6, 6.07) is 0. The third-order valence-corrected chi connectivity index (χ3v) is 2.28. The van der Waals surface area contributed by atoms with E-state index >= 15 is 0 Å². The zero-order chi connectivity index (χ0) is 11.7. The van der Waals surface area contributed by atoms with Crippen LogP contribution >= 0.6 is 7.60 Å². The van der Waals surface area contributed by atoms with Crippen LogP contribution in [0.25, 0.3) is 0 Å². The fourth-order valence-electron chi connectivity index (χ4n) is 0.735. The summed E-state index contributed by atoms with van der Waals surface area (Å²) < 4.78 is 20.0. The summed E-state index contributed by atoms with van der Waals surface area (Å²) in [5.41, 5.74) is 0. The third kappa shape index (κ3) is 11.2. The van der Waals surface area contributed by atoms with Crippen LogP contribution in [0.3, 0.4) is 0 Å². The van der Waals surface area contributed by atoms with Gasteiger partial charge in [-0.2, -0.15) is 0 Å². The molecule has 0 bridgehead atoms. The van der Waals surface area contributed by atoms with E-state index in [9.17, 15) is 9.36 Å². The van der Waals surface area contributed by atoms with Gasteiger partial charge in [0.1, 0.15) is 6.61 Å². The number of carbonyl (C=O) groups is 1. The predicted octanol–water partition coefficient (Wildman–Crippen LogP) is 0.300. The highest BCUT2D eigenvalue weighted by Crippen LogP contribution is 2.34. The van der Waals surface area contributed by atoms with Crippen LogP contribution in [0.4, 0.5) is 0 Å². The van der Waals surface area contributed by atoms with E-state index in [-0.39, 0.29) is 32.4 Å². The highest BCUT2D eigenvalue weighted by Gasteiger charge is 2.11. The van der Waals surface area contributed by atoms with Gasteiger partial charge >= 0.3 is 13.6 Å². The van der Waals surface area contributed by atoms with Gasteiger partial charge in [-0.05, 0) is 6.42 Å². The zero-order valence-corrected chi connectivity index (χ0v) is 9.19. The summed E-state index contributed by atoms with van der Waals surface area (Å²) in [4.78, 5) is 27.5. The van der Waals surface area contributed by atoms with E-state index in [1.807, 2.05) is 0 Å². The molecule has 0 rings (SSSR count). The van der Waals surface area contributed by atoms with Crippen LogP contribution in [0.5, 0.6) is 0 Å². The Morgan fingerprint density at radius 1 is 1.33 bits per heavy atom. The molecule has 0 aromatic rings. The predicted molar refractivity (Wildman–Crippen MR) is 53.5 cm³/mol. The Kier molecular flexibility index (Phi) is 7.25. The van der Waals surface area contributed by atoms with Crippen LogP contribution < -0.4 is 0 Å².